The van der Waals surface area contributed by atoms with Crippen LogP contribution in [-0.2, 0) is 17.7 Å². The van der Waals surface area contributed by atoms with E-state index in [4.69, 9.17) is 9.15 Å². The Morgan fingerprint density at radius 3 is 2.70 bits per heavy atom. The molecule has 1 aromatic rings. The van der Waals surface area contributed by atoms with Gasteiger partial charge in [-0.1, -0.05) is 20.8 Å². The second-order valence-corrected chi connectivity index (χ2v) is 6.07. The zero-order chi connectivity index (χ0) is 16.7. The summed E-state index contributed by atoms with van der Waals surface area (Å²) in [5, 5.41) is 2.94. The van der Waals surface area contributed by atoms with Crippen LogP contribution in [0.1, 0.15) is 61.9 Å². The van der Waals surface area contributed by atoms with Gasteiger partial charge in [-0.25, -0.2) is 0 Å². The maximum Gasteiger partial charge on any atom is 0.287 e. The highest BCUT2D eigenvalue weighted by Gasteiger charge is 2.19. The number of aryl methyl sites for hydroxylation is 1. The van der Waals surface area contributed by atoms with E-state index in [0.29, 0.717) is 12.3 Å². The Kier molecular flexibility index (Phi) is 7.12. The molecule has 1 fully saturated rings. The predicted molar refractivity (Wildman–Crippen MR) is 90.6 cm³/mol. The highest BCUT2D eigenvalue weighted by atomic mass is 16.5. The van der Waals surface area contributed by atoms with Crippen molar-refractivity contribution in [3.8, 4) is 0 Å². The molecule has 0 aromatic carbocycles. The molecule has 0 radical (unpaired) electrons. The van der Waals surface area contributed by atoms with Gasteiger partial charge < -0.3 is 14.5 Å². The molecule has 5 heteroatoms. The van der Waals surface area contributed by atoms with Crippen molar-refractivity contribution >= 4 is 5.91 Å². The smallest absolute Gasteiger partial charge is 0.287 e. The van der Waals surface area contributed by atoms with Crippen LogP contribution in [-0.4, -0.2) is 43.2 Å². The maximum atomic E-state index is 12.3. The number of carbonyl (C=O) groups is 1. The maximum absolute atomic E-state index is 12.3. The minimum Gasteiger partial charge on any atom is -0.456 e. The van der Waals surface area contributed by atoms with Crippen molar-refractivity contribution in [1.29, 1.82) is 0 Å². The lowest BCUT2D eigenvalue weighted by Crippen LogP contribution is -2.35. The van der Waals surface area contributed by atoms with Crippen LogP contribution in [0.2, 0.25) is 0 Å². The Balaban J connectivity index is 1.95. The molecule has 1 N–H and O–H groups in total. The summed E-state index contributed by atoms with van der Waals surface area (Å²) in [6.45, 7) is 10.5. The number of hydrogen-bond acceptors (Lipinski definition) is 4. The zero-order valence-electron chi connectivity index (χ0n) is 14.7. The molecule has 1 aliphatic rings. The van der Waals surface area contributed by atoms with E-state index >= 15 is 0 Å². The molecule has 1 amide bonds. The lowest BCUT2D eigenvalue weighted by molar-refractivity contribution is 0.0167. The van der Waals surface area contributed by atoms with Crippen LogP contribution in [0.15, 0.2) is 10.5 Å². The summed E-state index contributed by atoms with van der Waals surface area (Å²) < 4.78 is 11.4. The Morgan fingerprint density at radius 2 is 2.09 bits per heavy atom. The minimum absolute atomic E-state index is 0.139. The van der Waals surface area contributed by atoms with Gasteiger partial charge in [0.2, 0.25) is 0 Å². The first-order chi connectivity index (χ1) is 11.2. The van der Waals surface area contributed by atoms with Gasteiger partial charge in [0.1, 0.15) is 5.76 Å². The van der Waals surface area contributed by atoms with E-state index in [-0.39, 0.29) is 12.0 Å². The molecule has 0 unspecified atom stereocenters. The second kappa shape index (κ2) is 9.08. The quantitative estimate of drug-likeness (QED) is 0.799. The number of carbonyl (C=O) groups excluding carboxylic acids is 1. The van der Waals surface area contributed by atoms with Gasteiger partial charge in [0.15, 0.2) is 5.76 Å². The van der Waals surface area contributed by atoms with Gasteiger partial charge in [0, 0.05) is 31.7 Å². The predicted octanol–water partition coefficient (Wildman–Crippen LogP) is 2.98. The summed E-state index contributed by atoms with van der Waals surface area (Å²) in [7, 11) is 0. The van der Waals surface area contributed by atoms with Crippen LogP contribution in [0.3, 0.4) is 0 Å². The van der Waals surface area contributed by atoms with Gasteiger partial charge in [0.25, 0.3) is 5.91 Å². The Bertz CT molecular complexity index is 488. The fourth-order valence-corrected chi connectivity index (χ4v) is 2.96. The molecule has 1 atom stereocenters. The van der Waals surface area contributed by atoms with Crippen LogP contribution in [0.4, 0.5) is 0 Å². The molecule has 1 aliphatic heterocycles. The molecule has 1 saturated heterocycles. The fraction of sp³-hybridized carbons (Fsp3) is 0.722. The first-order valence-corrected chi connectivity index (χ1v) is 8.91. The highest BCUT2D eigenvalue weighted by molar-refractivity contribution is 5.91. The number of amides is 1. The summed E-state index contributed by atoms with van der Waals surface area (Å²) in [5.74, 6) is 1.19. The van der Waals surface area contributed by atoms with Crippen LogP contribution >= 0.6 is 0 Å². The average Bonchev–Trinajstić information content (AvgIpc) is 3.01. The van der Waals surface area contributed by atoms with E-state index in [2.05, 4.69) is 31.0 Å². The van der Waals surface area contributed by atoms with Crippen molar-refractivity contribution in [3.63, 3.8) is 0 Å². The molecule has 0 aliphatic carbocycles. The fourth-order valence-electron chi connectivity index (χ4n) is 2.96. The topological polar surface area (TPSA) is 54.7 Å². The van der Waals surface area contributed by atoms with E-state index in [1.165, 1.54) is 6.42 Å². The molecule has 0 spiro atoms. The van der Waals surface area contributed by atoms with Crippen LogP contribution < -0.4 is 5.32 Å². The summed E-state index contributed by atoms with van der Waals surface area (Å²) in [6, 6.07) is 1.90. The van der Waals surface area contributed by atoms with Gasteiger partial charge in [-0.2, -0.15) is 0 Å². The van der Waals surface area contributed by atoms with Crippen molar-refractivity contribution in [1.82, 2.24) is 10.2 Å². The number of nitrogens with one attached hydrogen (secondary N) is 1. The van der Waals surface area contributed by atoms with Crippen molar-refractivity contribution in [2.24, 2.45) is 0 Å². The normalized spacial score (nSPS) is 18.3. The summed E-state index contributed by atoms with van der Waals surface area (Å²) in [6.07, 6.45) is 4.26. The van der Waals surface area contributed by atoms with Gasteiger partial charge in [-0.3, -0.25) is 9.69 Å². The van der Waals surface area contributed by atoms with Gasteiger partial charge >= 0.3 is 0 Å². The lowest BCUT2D eigenvalue weighted by Gasteiger charge is -2.22. The van der Waals surface area contributed by atoms with Crippen molar-refractivity contribution < 1.29 is 13.9 Å². The van der Waals surface area contributed by atoms with Crippen LogP contribution in [0, 0.1) is 0 Å². The molecule has 23 heavy (non-hydrogen) atoms. The zero-order valence-corrected chi connectivity index (χ0v) is 14.7. The summed E-state index contributed by atoms with van der Waals surface area (Å²) in [5.41, 5.74) is 1.12. The van der Waals surface area contributed by atoms with Gasteiger partial charge in [-0.15, -0.1) is 0 Å². The van der Waals surface area contributed by atoms with Crippen molar-refractivity contribution in [2.45, 2.75) is 59.1 Å². The lowest BCUT2D eigenvalue weighted by atomic mass is 10.1. The third-order valence-electron chi connectivity index (χ3n) is 4.49. The first kappa shape index (κ1) is 18.0. The van der Waals surface area contributed by atoms with E-state index in [1.54, 1.807) is 0 Å². The number of hydrogen-bond donors (Lipinski definition) is 1. The number of nitrogens with zero attached hydrogens (tertiary/aromatic N) is 1. The monoisotopic (exact) mass is 322 g/mol. The molecule has 2 heterocycles. The van der Waals surface area contributed by atoms with E-state index in [9.17, 15) is 4.79 Å². The molecule has 1 aromatic heterocycles. The molecular weight excluding hydrogens is 292 g/mol. The SMILES string of the molecule is CCc1oc(C(=O)NC[C@H]2CCCCO2)cc1CN(CC)CC. The molecule has 130 valence electrons. The largest absolute Gasteiger partial charge is 0.456 e. The van der Waals surface area contributed by atoms with Gasteiger partial charge in [0.05, 0.1) is 6.10 Å². The third kappa shape index (κ3) is 5.08. The number of rotatable bonds is 8. The van der Waals surface area contributed by atoms with Crippen LogP contribution in [0.25, 0.3) is 0 Å². The first-order valence-electron chi connectivity index (χ1n) is 8.91. The summed E-state index contributed by atoms with van der Waals surface area (Å²) in [4.78, 5) is 14.6. The molecule has 5 nitrogen and oxygen atoms in total. The second-order valence-electron chi connectivity index (χ2n) is 6.07. The van der Waals surface area contributed by atoms with Crippen molar-refractivity contribution in [3.05, 3.63) is 23.2 Å². The average molecular weight is 322 g/mol. The molecule has 0 bridgehead atoms. The Labute approximate surface area is 139 Å². The van der Waals surface area contributed by atoms with E-state index in [1.807, 2.05) is 6.07 Å². The van der Waals surface area contributed by atoms with Crippen LogP contribution in [0.5, 0.6) is 0 Å². The standard InChI is InChI=1S/C18H30N2O3/c1-4-16-14(13-20(5-2)6-3)11-17(23-16)18(21)19-12-15-9-7-8-10-22-15/h11,15H,4-10,12-13H2,1-3H3,(H,19,21)/t15-/m1/s1. The number of furan rings is 1. The minimum atomic E-state index is -0.139. The number of ether oxygens (including phenoxy) is 1. The highest BCUT2D eigenvalue weighted by Crippen LogP contribution is 2.19. The molecule has 2 rings (SSSR count). The van der Waals surface area contributed by atoms with E-state index < -0.39 is 0 Å². The van der Waals surface area contributed by atoms with E-state index in [0.717, 1.165) is 56.8 Å². The summed E-state index contributed by atoms with van der Waals surface area (Å²) >= 11 is 0. The van der Waals surface area contributed by atoms with Gasteiger partial charge in [-0.05, 0) is 38.4 Å². The molecular formula is C18H30N2O3. The third-order valence-corrected chi connectivity index (χ3v) is 4.49. The Morgan fingerprint density at radius 1 is 1.30 bits per heavy atom. The Hall–Kier alpha value is -1.33. The molecule has 0 saturated carbocycles. The van der Waals surface area contributed by atoms with Crippen molar-refractivity contribution in [2.75, 3.05) is 26.2 Å².